The Balaban J connectivity index is 1.24. The van der Waals surface area contributed by atoms with Gasteiger partial charge in [-0.25, -0.2) is 8.78 Å². The fourth-order valence-corrected chi connectivity index (χ4v) is 6.25. The maximum atomic E-state index is 14.1. The molecule has 8 heteroatoms. The number of hydrogen-bond acceptors (Lipinski definition) is 3. The maximum Gasteiger partial charge on any atom is 0.573 e. The van der Waals surface area contributed by atoms with Crippen LogP contribution >= 0.6 is 0 Å². The van der Waals surface area contributed by atoms with Crippen LogP contribution in [0.4, 0.5) is 22.0 Å². The van der Waals surface area contributed by atoms with Gasteiger partial charge in [0.05, 0.1) is 13.2 Å². The zero-order valence-electron chi connectivity index (χ0n) is 19.7. The van der Waals surface area contributed by atoms with Gasteiger partial charge in [-0.05, 0) is 93.2 Å². The average Bonchev–Trinajstić information content (AvgIpc) is 2.82. The lowest BCUT2D eigenvalue weighted by atomic mass is 9.68. The quantitative estimate of drug-likeness (QED) is 0.382. The molecule has 1 saturated heterocycles. The van der Waals surface area contributed by atoms with Gasteiger partial charge in [0.25, 0.3) is 0 Å². The third-order valence-electron chi connectivity index (χ3n) is 8.04. The van der Waals surface area contributed by atoms with Gasteiger partial charge in [0.15, 0.2) is 17.9 Å². The Morgan fingerprint density at radius 1 is 0.824 bits per heavy atom. The summed E-state index contributed by atoms with van der Waals surface area (Å²) in [5.41, 5.74) is 0.416. The van der Waals surface area contributed by atoms with E-state index in [4.69, 9.17) is 9.47 Å². The molecule has 0 bridgehead atoms. The molecular formula is C26H35F5O3. The Hall–Kier alpha value is -1.41. The first-order valence-corrected chi connectivity index (χ1v) is 12.7. The van der Waals surface area contributed by atoms with Crippen LogP contribution in [0.3, 0.4) is 0 Å². The van der Waals surface area contributed by atoms with E-state index in [2.05, 4.69) is 11.7 Å². The van der Waals surface area contributed by atoms with Gasteiger partial charge in [-0.1, -0.05) is 13.3 Å². The number of halogens is 5. The van der Waals surface area contributed by atoms with E-state index < -0.39 is 23.7 Å². The third kappa shape index (κ3) is 6.42. The molecule has 4 rings (SSSR count). The van der Waals surface area contributed by atoms with Crippen LogP contribution in [0.15, 0.2) is 12.1 Å². The van der Waals surface area contributed by atoms with Gasteiger partial charge >= 0.3 is 6.36 Å². The van der Waals surface area contributed by atoms with Crippen molar-refractivity contribution < 1.29 is 36.2 Å². The molecule has 0 aromatic heterocycles. The molecule has 1 aromatic carbocycles. The predicted molar refractivity (Wildman–Crippen MR) is 117 cm³/mol. The zero-order valence-corrected chi connectivity index (χ0v) is 19.7. The van der Waals surface area contributed by atoms with E-state index in [9.17, 15) is 22.0 Å². The van der Waals surface area contributed by atoms with Crippen LogP contribution in [0.2, 0.25) is 0 Å². The van der Waals surface area contributed by atoms with E-state index in [-0.39, 0.29) is 12.2 Å². The van der Waals surface area contributed by atoms with Crippen molar-refractivity contribution >= 4 is 0 Å². The molecule has 3 aliphatic rings. The van der Waals surface area contributed by atoms with Gasteiger partial charge < -0.3 is 14.2 Å². The van der Waals surface area contributed by atoms with Gasteiger partial charge in [-0.3, -0.25) is 0 Å². The van der Waals surface area contributed by atoms with Crippen LogP contribution in [0.25, 0.3) is 0 Å². The number of rotatable bonds is 6. The molecule has 0 unspecified atom stereocenters. The molecule has 3 nitrogen and oxygen atoms in total. The summed E-state index contributed by atoms with van der Waals surface area (Å²) in [6, 6.07) is 1.99. The highest BCUT2D eigenvalue weighted by Crippen LogP contribution is 2.45. The van der Waals surface area contributed by atoms with Crippen molar-refractivity contribution in [2.45, 2.75) is 89.7 Å². The smallest absolute Gasteiger partial charge is 0.399 e. The Kier molecular flexibility index (Phi) is 8.39. The molecule has 2 saturated carbocycles. The second-order valence-electron chi connectivity index (χ2n) is 10.3. The summed E-state index contributed by atoms with van der Waals surface area (Å²) in [5, 5.41) is 0. The fourth-order valence-electron chi connectivity index (χ4n) is 6.25. The molecule has 0 atom stereocenters. The van der Waals surface area contributed by atoms with Crippen LogP contribution in [0.1, 0.15) is 82.6 Å². The molecular weight excluding hydrogens is 455 g/mol. The van der Waals surface area contributed by atoms with Crippen molar-refractivity contribution in [3.8, 4) is 5.75 Å². The summed E-state index contributed by atoms with van der Waals surface area (Å²) in [4.78, 5) is 0. The molecule has 34 heavy (non-hydrogen) atoms. The summed E-state index contributed by atoms with van der Waals surface area (Å²) >= 11 is 0. The minimum atomic E-state index is -5.13. The van der Waals surface area contributed by atoms with E-state index in [1.165, 1.54) is 0 Å². The lowest BCUT2D eigenvalue weighted by Crippen LogP contribution is -2.39. The second-order valence-corrected chi connectivity index (χ2v) is 10.3. The lowest BCUT2D eigenvalue weighted by molar-refractivity contribution is -0.276. The van der Waals surface area contributed by atoms with Crippen LogP contribution in [-0.2, 0) is 9.47 Å². The van der Waals surface area contributed by atoms with Gasteiger partial charge in [-0.15, -0.1) is 13.2 Å². The van der Waals surface area contributed by atoms with Crippen molar-refractivity contribution in [2.75, 3.05) is 13.2 Å². The highest BCUT2D eigenvalue weighted by atomic mass is 19.4. The van der Waals surface area contributed by atoms with Gasteiger partial charge in [0.1, 0.15) is 0 Å². The molecule has 1 aliphatic heterocycles. The van der Waals surface area contributed by atoms with Crippen molar-refractivity contribution in [1.82, 2.24) is 0 Å². The molecule has 2 aliphatic carbocycles. The Morgan fingerprint density at radius 2 is 1.32 bits per heavy atom. The van der Waals surface area contributed by atoms with Gasteiger partial charge in [0.2, 0.25) is 5.75 Å². The Bertz CT molecular complexity index is 767. The van der Waals surface area contributed by atoms with E-state index in [1.807, 2.05) is 0 Å². The minimum absolute atomic E-state index is 0.0448. The first-order chi connectivity index (χ1) is 16.2. The molecule has 1 aromatic rings. The number of hydrogen-bond donors (Lipinski definition) is 0. The minimum Gasteiger partial charge on any atom is -0.399 e. The van der Waals surface area contributed by atoms with Crippen LogP contribution in [0.5, 0.6) is 5.75 Å². The van der Waals surface area contributed by atoms with E-state index in [1.54, 1.807) is 0 Å². The first kappa shape index (κ1) is 25.7. The Morgan fingerprint density at radius 3 is 1.82 bits per heavy atom. The van der Waals surface area contributed by atoms with Crippen molar-refractivity contribution in [3.63, 3.8) is 0 Å². The zero-order chi connectivity index (χ0) is 24.3. The van der Waals surface area contributed by atoms with E-state index in [0.29, 0.717) is 29.2 Å². The molecule has 192 valence electrons. The average molecular weight is 491 g/mol. The summed E-state index contributed by atoms with van der Waals surface area (Å²) in [7, 11) is 0. The van der Waals surface area contributed by atoms with Crippen LogP contribution in [-0.4, -0.2) is 25.9 Å². The predicted octanol–water partition coefficient (Wildman–Crippen LogP) is 7.73. The Labute approximate surface area is 198 Å². The van der Waals surface area contributed by atoms with Gasteiger partial charge in [0, 0.05) is 11.8 Å². The number of alkyl halides is 3. The number of ether oxygens (including phenoxy) is 3. The summed E-state index contributed by atoms with van der Waals surface area (Å²) in [6.07, 6.45) is 5.11. The summed E-state index contributed by atoms with van der Waals surface area (Å²) in [6.45, 7) is 3.78. The summed E-state index contributed by atoms with van der Waals surface area (Å²) < 4.78 is 81.0. The largest absolute Gasteiger partial charge is 0.573 e. The number of benzene rings is 1. The highest BCUT2D eigenvalue weighted by Gasteiger charge is 2.37. The van der Waals surface area contributed by atoms with E-state index in [0.717, 1.165) is 89.6 Å². The normalized spacial score (nSPS) is 33.0. The van der Waals surface area contributed by atoms with Crippen LogP contribution in [0, 0.1) is 35.3 Å². The third-order valence-corrected chi connectivity index (χ3v) is 8.04. The lowest BCUT2D eigenvalue weighted by Gasteiger charge is -2.41. The molecule has 0 radical (unpaired) electrons. The monoisotopic (exact) mass is 490 g/mol. The van der Waals surface area contributed by atoms with E-state index >= 15 is 0 Å². The fraction of sp³-hybridized carbons (Fsp3) is 0.769. The molecule has 1 heterocycles. The summed E-state index contributed by atoms with van der Waals surface area (Å²) in [5.74, 6) is -1.83. The highest BCUT2D eigenvalue weighted by molar-refractivity contribution is 5.33. The van der Waals surface area contributed by atoms with Crippen LogP contribution < -0.4 is 4.74 Å². The molecule has 0 N–H and O–H groups in total. The maximum absolute atomic E-state index is 14.1. The molecule has 0 amide bonds. The standard InChI is InChI=1S/C26H35F5O3/c1-2-3-16-14-32-25(33-15-16)20-10-8-18(9-11-20)17-4-6-19(7-5-17)21-12-22(27)24(23(28)13-21)34-26(29,30)31/h12-13,16-20,25H,2-11,14-15H2,1H3. The molecule has 0 spiro atoms. The first-order valence-electron chi connectivity index (χ1n) is 12.7. The molecule has 3 fully saturated rings. The second kappa shape index (κ2) is 11.1. The van der Waals surface area contributed by atoms with Crippen molar-refractivity contribution in [2.24, 2.45) is 23.7 Å². The van der Waals surface area contributed by atoms with Crippen molar-refractivity contribution in [1.29, 1.82) is 0 Å². The topological polar surface area (TPSA) is 27.7 Å². The van der Waals surface area contributed by atoms with Gasteiger partial charge in [-0.2, -0.15) is 0 Å². The SMILES string of the molecule is CCCC1COC(C2CCC(C3CCC(c4cc(F)c(OC(F)(F)F)c(F)c4)CC3)CC2)OC1. The van der Waals surface area contributed by atoms with Crippen molar-refractivity contribution in [3.05, 3.63) is 29.3 Å².